The van der Waals surface area contributed by atoms with Crippen LogP contribution in [0.2, 0.25) is 0 Å². The van der Waals surface area contributed by atoms with Crippen molar-refractivity contribution in [3.05, 3.63) is 33.9 Å². The molecule has 0 aromatic carbocycles. The number of carboxylic acid groups (broad SMARTS) is 1. The van der Waals surface area contributed by atoms with Crippen LogP contribution in [0, 0.1) is 17.7 Å². The second-order valence-electron chi connectivity index (χ2n) is 8.46. The maximum atomic E-state index is 14.8. The molecule has 7 nitrogen and oxygen atoms in total. The second-order valence-corrected chi connectivity index (χ2v) is 8.46. The molecule has 8 heteroatoms. The molecule has 2 bridgehead atoms. The van der Waals surface area contributed by atoms with Crippen molar-refractivity contribution in [2.75, 3.05) is 18.0 Å². The lowest BCUT2D eigenvalue weighted by Crippen LogP contribution is -2.59. The monoisotopic (exact) mass is 372 g/mol. The van der Waals surface area contributed by atoms with Crippen LogP contribution in [0.1, 0.15) is 36.5 Å². The minimum absolute atomic E-state index is 0.0254. The van der Waals surface area contributed by atoms with Crippen molar-refractivity contribution in [1.29, 1.82) is 0 Å². The molecule has 142 valence electrons. The summed E-state index contributed by atoms with van der Waals surface area (Å²) < 4.78 is 16.6. The summed E-state index contributed by atoms with van der Waals surface area (Å²) in [5.41, 5.74) is 5.23. The van der Waals surface area contributed by atoms with Gasteiger partial charge in [-0.3, -0.25) is 4.79 Å². The van der Waals surface area contributed by atoms with Gasteiger partial charge >= 0.3 is 5.97 Å². The first-order chi connectivity index (χ1) is 12.8. The Morgan fingerprint density at radius 1 is 1.37 bits per heavy atom. The molecule has 2 atom stereocenters. The topological polar surface area (TPSA) is 101 Å². The van der Waals surface area contributed by atoms with Gasteiger partial charge in [0.1, 0.15) is 11.2 Å². The number of hydrogen-bond acceptors (Lipinski definition) is 5. The van der Waals surface area contributed by atoms with Crippen molar-refractivity contribution < 1.29 is 14.3 Å². The molecule has 3 heterocycles. The number of aromatic nitrogens is 2. The minimum atomic E-state index is -1.30. The van der Waals surface area contributed by atoms with Crippen LogP contribution in [0.4, 0.5) is 10.2 Å². The van der Waals surface area contributed by atoms with Crippen LogP contribution >= 0.6 is 0 Å². The quantitative estimate of drug-likeness (QED) is 0.847. The van der Waals surface area contributed by atoms with Gasteiger partial charge in [0.15, 0.2) is 11.6 Å². The highest BCUT2D eigenvalue weighted by Gasteiger charge is 2.58. The number of rotatable bonds is 3. The molecule has 0 radical (unpaired) electrons. The molecule has 0 amide bonds. The Bertz CT molecular complexity index is 1020. The fourth-order valence-electron chi connectivity index (χ4n) is 4.84. The second kappa shape index (κ2) is 5.28. The van der Waals surface area contributed by atoms with Crippen LogP contribution in [0.15, 0.2) is 17.1 Å². The predicted octanol–water partition coefficient (Wildman–Crippen LogP) is 1.53. The summed E-state index contributed by atoms with van der Waals surface area (Å²) in [5.74, 6) is -0.857. The molecule has 0 spiro atoms. The number of carbonyl (C=O) groups is 1. The highest BCUT2D eigenvalue weighted by Crippen LogP contribution is 2.62. The van der Waals surface area contributed by atoms with Crippen LogP contribution in [0.5, 0.6) is 0 Å². The molecule has 3 N–H and O–H groups in total. The van der Waals surface area contributed by atoms with E-state index in [9.17, 15) is 19.1 Å². The lowest BCUT2D eigenvalue weighted by molar-refractivity contribution is -0.0864. The first-order valence-electron chi connectivity index (χ1n) is 9.29. The van der Waals surface area contributed by atoms with E-state index in [1.54, 1.807) is 0 Å². The van der Waals surface area contributed by atoms with Crippen molar-refractivity contribution >= 4 is 22.8 Å². The summed E-state index contributed by atoms with van der Waals surface area (Å²) in [6.07, 6.45) is 4.24. The third kappa shape index (κ3) is 2.19. The van der Waals surface area contributed by atoms with Gasteiger partial charge in [-0.15, -0.1) is 0 Å². The van der Waals surface area contributed by atoms with Crippen molar-refractivity contribution in [1.82, 2.24) is 9.55 Å². The normalized spacial score (nSPS) is 31.7. The van der Waals surface area contributed by atoms with Gasteiger partial charge in [0.2, 0.25) is 5.43 Å². The van der Waals surface area contributed by atoms with E-state index in [4.69, 9.17) is 5.73 Å². The molecular weight excluding hydrogens is 351 g/mol. The predicted molar refractivity (Wildman–Crippen MR) is 97.6 cm³/mol. The zero-order valence-electron chi connectivity index (χ0n) is 15.0. The average Bonchev–Trinajstić information content (AvgIpc) is 2.85. The highest BCUT2D eigenvalue weighted by molar-refractivity contribution is 5.92. The van der Waals surface area contributed by atoms with Crippen LogP contribution < -0.4 is 16.1 Å². The molecule has 4 aliphatic rings. The number of fused-ring (bicyclic) bond motifs is 1. The van der Waals surface area contributed by atoms with Crippen LogP contribution in [-0.4, -0.2) is 39.8 Å². The van der Waals surface area contributed by atoms with E-state index in [-0.39, 0.29) is 34.3 Å². The molecule has 2 aromatic rings. The summed E-state index contributed by atoms with van der Waals surface area (Å²) in [6, 6.07) is 1.08. The average molecular weight is 372 g/mol. The lowest BCUT2D eigenvalue weighted by atomic mass is 9.49. The van der Waals surface area contributed by atoms with Gasteiger partial charge in [0.25, 0.3) is 0 Å². The SMILES string of the molecule is C[C@@H]1CN(c2nc3c(cc2F)c(=O)c(C(=O)O)cn3C23CC(C2)C3)C[C@H]1N. The lowest BCUT2D eigenvalue weighted by Gasteiger charge is -2.62. The van der Waals surface area contributed by atoms with E-state index in [0.717, 1.165) is 25.3 Å². The molecule has 2 aromatic heterocycles. The summed E-state index contributed by atoms with van der Waals surface area (Å²) in [4.78, 5) is 30.5. The van der Waals surface area contributed by atoms with Gasteiger partial charge in [-0.25, -0.2) is 14.2 Å². The van der Waals surface area contributed by atoms with Gasteiger partial charge in [-0.2, -0.15) is 0 Å². The molecule has 3 saturated carbocycles. The molecule has 1 aliphatic heterocycles. The maximum absolute atomic E-state index is 14.8. The standard InChI is InChI=1S/C19H21FN4O3/c1-9-6-23(8-14(9)21)17-13(20)2-11-15(25)12(18(26)27)7-24(16(11)22-17)19-3-10(4-19)5-19/h2,7,9-10,14H,3-6,8,21H2,1H3,(H,26,27)/t9-,10?,14-,19?/m1/s1. The number of aromatic carboxylic acids is 1. The summed E-state index contributed by atoms with van der Waals surface area (Å²) in [7, 11) is 0. The zero-order chi connectivity index (χ0) is 19.1. The smallest absolute Gasteiger partial charge is 0.341 e. The molecule has 4 fully saturated rings. The molecule has 3 aliphatic carbocycles. The van der Waals surface area contributed by atoms with Gasteiger partial charge in [-0.1, -0.05) is 6.92 Å². The Morgan fingerprint density at radius 2 is 2.07 bits per heavy atom. The maximum Gasteiger partial charge on any atom is 0.341 e. The van der Waals surface area contributed by atoms with Crippen LogP contribution in [0.3, 0.4) is 0 Å². The third-order valence-electron chi connectivity index (χ3n) is 6.63. The van der Waals surface area contributed by atoms with Crippen molar-refractivity contribution in [3.63, 3.8) is 0 Å². The van der Waals surface area contributed by atoms with Gasteiger partial charge < -0.3 is 20.3 Å². The van der Waals surface area contributed by atoms with E-state index in [2.05, 4.69) is 4.98 Å². The molecule has 1 saturated heterocycles. The highest BCUT2D eigenvalue weighted by atomic mass is 19.1. The molecule has 6 rings (SSSR count). The molecular formula is C19H21FN4O3. The van der Waals surface area contributed by atoms with E-state index in [1.807, 2.05) is 16.4 Å². The first kappa shape index (κ1) is 16.7. The fourth-order valence-corrected chi connectivity index (χ4v) is 4.84. The summed E-state index contributed by atoms with van der Waals surface area (Å²) >= 11 is 0. The van der Waals surface area contributed by atoms with Crippen molar-refractivity contribution in [2.45, 2.75) is 37.8 Å². The number of pyridine rings is 2. The number of halogens is 1. The Balaban J connectivity index is 1.74. The number of hydrogen-bond donors (Lipinski definition) is 2. The fraction of sp³-hybridized carbons (Fsp3) is 0.526. The third-order valence-corrected chi connectivity index (χ3v) is 6.63. The Kier molecular flexibility index (Phi) is 3.26. The largest absolute Gasteiger partial charge is 0.477 e. The zero-order valence-corrected chi connectivity index (χ0v) is 15.0. The van der Waals surface area contributed by atoms with Gasteiger partial charge in [-0.05, 0) is 37.2 Å². The van der Waals surface area contributed by atoms with Crippen molar-refractivity contribution in [2.24, 2.45) is 17.6 Å². The van der Waals surface area contributed by atoms with Crippen LogP contribution in [-0.2, 0) is 5.54 Å². The van der Waals surface area contributed by atoms with E-state index in [1.165, 1.54) is 6.20 Å². The molecule has 27 heavy (non-hydrogen) atoms. The van der Waals surface area contributed by atoms with E-state index in [0.29, 0.717) is 24.7 Å². The summed E-state index contributed by atoms with van der Waals surface area (Å²) in [5, 5.41) is 9.45. The molecule has 0 unspecified atom stereocenters. The van der Waals surface area contributed by atoms with Crippen LogP contribution in [0.25, 0.3) is 11.0 Å². The van der Waals surface area contributed by atoms with Gasteiger partial charge in [0, 0.05) is 30.9 Å². The number of nitrogens with zero attached hydrogens (tertiary/aromatic N) is 3. The van der Waals surface area contributed by atoms with E-state index >= 15 is 0 Å². The van der Waals surface area contributed by atoms with Crippen molar-refractivity contribution in [3.8, 4) is 0 Å². The Hall–Kier alpha value is -2.48. The minimum Gasteiger partial charge on any atom is -0.477 e. The first-order valence-corrected chi connectivity index (χ1v) is 9.29. The Morgan fingerprint density at radius 3 is 2.59 bits per heavy atom. The van der Waals surface area contributed by atoms with E-state index < -0.39 is 17.2 Å². The summed E-state index contributed by atoms with van der Waals surface area (Å²) in [6.45, 7) is 3.11. The Labute approximate surface area is 154 Å². The number of carboxylic acids is 1. The number of anilines is 1. The number of nitrogens with two attached hydrogens (primary N) is 1. The van der Waals surface area contributed by atoms with Gasteiger partial charge in [0.05, 0.1) is 5.39 Å².